The quantitative estimate of drug-likeness (QED) is 0.913. The first-order valence-corrected chi connectivity index (χ1v) is 6.16. The maximum absolute atomic E-state index is 11.3. The van der Waals surface area contributed by atoms with E-state index in [9.17, 15) is 9.90 Å². The Morgan fingerprint density at radius 1 is 1.60 bits per heavy atom. The summed E-state index contributed by atoms with van der Waals surface area (Å²) in [6, 6.07) is 3.55. The zero-order chi connectivity index (χ0) is 14.5. The predicted molar refractivity (Wildman–Crippen MR) is 73.6 cm³/mol. The molecule has 0 aliphatic rings. The Morgan fingerprint density at radius 3 is 3.00 bits per heavy atom. The highest BCUT2D eigenvalue weighted by Crippen LogP contribution is 2.25. The van der Waals surface area contributed by atoms with Gasteiger partial charge in [-0.05, 0) is 12.1 Å². The van der Waals surface area contributed by atoms with Crippen molar-refractivity contribution in [1.82, 2.24) is 14.8 Å². The fourth-order valence-corrected chi connectivity index (χ4v) is 1.88. The standard InChI is InChI=1S/C12H13ClN4O3/c1-20-6-5-16(12(18)19)10-8-17(15-11(10)13)9-3-2-4-14-7-9/h2-4,7-8H,5-6H2,1H3,(H,18,19). The Hall–Kier alpha value is -2.12. The molecule has 0 fully saturated rings. The molecule has 1 N–H and O–H groups in total. The number of methoxy groups -OCH3 is 1. The van der Waals surface area contributed by atoms with E-state index in [1.54, 1.807) is 30.7 Å². The molecule has 0 spiro atoms. The van der Waals surface area contributed by atoms with Crippen LogP contribution in [0.3, 0.4) is 0 Å². The van der Waals surface area contributed by atoms with Crippen LogP contribution < -0.4 is 4.90 Å². The molecule has 0 bridgehead atoms. The van der Waals surface area contributed by atoms with Gasteiger partial charge < -0.3 is 9.84 Å². The number of carboxylic acid groups (broad SMARTS) is 1. The SMILES string of the molecule is COCCN(C(=O)O)c1cn(-c2cccnc2)nc1Cl. The average Bonchev–Trinajstić information content (AvgIpc) is 2.82. The summed E-state index contributed by atoms with van der Waals surface area (Å²) in [5, 5.41) is 13.4. The van der Waals surface area contributed by atoms with E-state index in [1.807, 2.05) is 0 Å². The van der Waals surface area contributed by atoms with Crippen LogP contribution in [0.5, 0.6) is 0 Å². The van der Waals surface area contributed by atoms with Gasteiger partial charge in [0.1, 0.15) is 5.69 Å². The number of hydrogen-bond donors (Lipinski definition) is 1. The third-order valence-electron chi connectivity index (χ3n) is 2.60. The van der Waals surface area contributed by atoms with E-state index in [0.29, 0.717) is 11.4 Å². The molecule has 7 nitrogen and oxygen atoms in total. The number of rotatable bonds is 5. The van der Waals surface area contributed by atoms with E-state index < -0.39 is 6.09 Å². The maximum atomic E-state index is 11.3. The van der Waals surface area contributed by atoms with Gasteiger partial charge in [-0.25, -0.2) is 9.48 Å². The molecule has 2 aromatic rings. The summed E-state index contributed by atoms with van der Waals surface area (Å²) in [6.07, 6.45) is 3.67. The number of aromatic nitrogens is 3. The molecule has 2 aromatic heterocycles. The Bertz CT molecular complexity index is 588. The Kier molecular flexibility index (Phi) is 4.54. The van der Waals surface area contributed by atoms with Crippen LogP contribution in [0.15, 0.2) is 30.7 Å². The van der Waals surface area contributed by atoms with E-state index in [4.69, 9.17) is 16.3 Å². The van der Waals surface area contributed by atoms with Gasteiger partial charge >= 0.3 is 6.09 Å². The third-order valence-corrected chi connectivity index (χ3v) is 2.87. The average molecular weight is 297 g/mol. The molecule has 0 saturated heterocycles. The summed E-state index contributed by atoms with van der Waals surface area (Å²) in [6.45, 7) is 0.436. The van der Waals surface area contributed by atoms with E-state index >= 15 is 0 Å². The minimum Gasteiger partial charge on any atom is -0.465 e. The van der Waals surface area contributed by atoms with Gasteiger partial charge in [-0.15, -0.1) is 0 Å². The number of carbonyl (C=O) groups is 1. The Labute approximate surface area is 120 Å². The summed E-state index contributed by atoms with van der Waals surface area (Å²) in [5.74, 6) is 0. The largest absolute Gasteiger partial charge is 0.465 e. The lowest BCUT2D eigenvalue weighted by Gasteiger charge is -2.16. The smallest absolute Gasteiger partial charge is 0.412 e. The summed E-state index contributed by atoms with van der Waals surface area (Å²) in [7, 11) is 1.50. The van der Waals surface area contributed by atoms with E-state index in [0.717, 1.165) is 4.90 Å². The summed E-state index contributed by atoms with van der Waals surface area (Å²) in [4.78, 5) is 16.3. The zero-order valence-electron chi connectivity index (χ0n) is 10.7. The van der Waals surface area contributed by atoms with E-state index in [1.165, 1.54) is 11.8 Å². The van der Waals surface area contributed by atoms with Gasteiger partial charge in [-0.2, -0.15) is 5.10 Å². The fraction of sp³-hybridized carbons (Fsp3) is 0.250. The number of anilines is 1. The van der Waals surface area contributed by atoms with Crippen LogP contribution in [-0.2, 0) is 4.74 Å². The van der Waals surface area contributed by atoms with Gasteiger partial charge in [0.25, 0.3) is 0 Å². The molecule has 1 amide bonds. The van der Waals surface area contributed by atoms with Crippen LogP contribution in [0.4, 0.5) is 10.5 Å². The van der Waals surface area contributed by atoms with Crippen molar-refractivity contribution in [2.24, 2.45) is 0 Å². The van der Waals surface area contributed by atoms with E-state index in [2.05, 4.69) is 10.1 Å². The van der Waals surface area contributed by atoms with Gasteiger partial charge in [0.05, 0.1) is 31.2 Å². The van der Waals surface area contributed by atoms with Crippen LogP contribution in [0.2, 0.25) is 5.15 Å². The minimum absolute atomic E-state index is 0.104. The van der Waals surface area contributed by atoms with Gasteiger partial charge in [0, 0.05) is 13.3 Å². The van der Waals surface area contributed by atoms with Crippen molar-refractivity contribution in [2.45, 2.75) is 0 Å². The highest BCUT2D eigenvalue weighted by molar-refractivity contribution is 6.32. The second-order valence-corrected chi connectivity index (χ2v) is 4.25. The van der Waals surface area contributed by atoms with Crippen molar-refractivity contribution in [1.29, 1.82) is 0 Å². The van der Waals surface area contributed by atoms with Gasteiger partial charge in [0.15, 0.2) is 5.15 Å². The molecular weight excluding hydrogens is 284 g/mol. The summed E-state index contributed by atoms with van der Waals surface area (Å²) >= 11 is 6.01. The molecule has 106 valence electrons. The molecule has 0 radical (unpaired) electrons. The predicted octanol–water partition coefficient (Wildman–Crippen LogP) is 2.05. The first kappa shape index (κ1) is 14.3. The minimum atomic E-state index is -1.12. The molecule has 8 heteroatoms. The lowest BCUT2D eigenvalue weighted by Crippen LogP contribution is -2.32. The first-order valence-electron chi connectivity index (χ1n) is 5.78. The topological polar surface area (TPSA) is 80.5 Å². The highest BCUT2D eigenvalue weighted by Gasteiger charge is 2.20. The summed E-state index contributed by atoms with van der Waals surface area (Å²) in [5.41, 5.74) is 0.998. The summed E-state index contributed by atoms with van der Waals surface area (Å²) < 4.78 is 6.37. The molecule has 2 heterocycles. The molecule has 20 heavy (non-hydrogen) atoms. The second kappa shape index (κ2) is 6.36. The lowest BCUT2D eigenvalue weighted by molar-refractivity contribution is 0.186. The maximum Gasteiger partial charge on any atom is 0.412 e. The number of amides is 1. The Morgan fingerprint density at radius 2 is 2.40 bits per heavy atom. The van der Waals surface area contributed by atoms with Crippen LogP contribution in [0.1, 0.15) is 0 Å². The highest BCUT2D eigenvalue weighted by atomic mass is 35.5. The lowest BCUT2D eigenvalue weighted by atomic mass is 10.4. The number of halogens is 1. The molecule has 2 rings (SSSR count). The van der Waals surface area contributed by atoms with Crippen LogP contribution >= 0.6 is 11.6 Å². The van der Waals surface area contributed by atoms with Crippen LogP contribution in [0, 0.1) is 0 Å². The van der Waals surface area contributed by atoms with Gasteiger partial charge in [-0.3, -0.25) is 9.88 Å². The number of nitrogens with zero attached hydrogens (tertiary/aromatic N) is 4. The fourth-order valence-electron chi connectivity index (χ4n) is 1.65. The van der Waals surface area contributed by atoms with Crippen molar-refractivity contribution in [2.75, 3.05) is 25.2 Å². The van der Waals surface area contributed by atoms with Crippen LogP contribution in [-0.4, -0.2) is 46.2 Å². The molecule has 0 unspecified atom stereocenters. The number of hydrogen-bond acceptors (Lipinski definition) is 4. The zero-order valence-corrected chi connectivity index (χ0v) is 11.5. The number of ether oxygens (including phenoxy) is 1. The van der Waals surface area contributed by atoms with E-state index in [-0.39, 0.29) is 18.3 Å². The van der Waals surface area contributed by atoms with Crippen LogP contribution in [0.25, 0.3) is 5.69 Å². The van der Waals surface area contributed by atoms with Crippen molar-refractivity contribution in [3.63, 3.8) is 0 Å². The second-order valence-electron chi connectivity index (χ2n) is 3.89. The molecule has 0 atom stereocenters. The van der Waals surface area contributed by atoms with Crippen molar-refractivity contribution in [3.05, 3.63) is 35.9 Å². The molecule has 0 aromatic carbocycles. The third kappa shape index (κ3) is 3.06. The molecule has 0 aliphatic heterocycles. The normalized spacial score (nSPS) is 10.5. The van der Waals surface area contributed by atoms with Gasteiger partial charge in [-0.1, -0.05) is 11.6 Å². The molecule has 0 saturated carbocycles. The molecule has 0 aliphatic carbocycles. The van der Waals surface area contributed by atoms with Gasteiger partial charge in [0.2, 0.25) is 0 Å². The van der Waals surface area contributed by atoms with Crippen molar-refractivity contribution in [3.8, 4) is 5.69 Å². The number of pyridine rings is 1. The monoisotopic (exact) mass is 296 g/mol. The first-order chi connectivity index (χ1) is 9.63. The van der Waals surface area contributed by atoms with Crippen molar-refractivity contribution >= 4 is 23.4 Å². The Balaban J connectivity index is 2.32. The molecular formula is C12H13ClN4O3. The van der Waals surface area contributed by atoms with Crippen molar-refractivity contribution < 1.29 is 14.6 Å².